The Bertz CT molecular complexity index is 779. The predicted octanol–water partition coefficient (Wildman–Crippen LogP) is 14.6. The molecule has 4 unspecified atom stereocenters. The number of hydrogen-bond donors (Lipinski definition) is 0. The van der Waals surface area contributed by atoms with E-state index in [9.17, 15) is 0 Å². The Morgan fingerprint density at radius 2 is 0.886 bits per heavy atom. The lowest BCUT2D eigenvalue weighted by molar-refractivity contribution is 0.669. The van der Waals surface area contributed by atoms with Crippen LogP contribution in [0.1, 0.15) is 87.5 Å². The molecule has 0 heterocycles. The van der Waals surface area contributed by atoms with Gasteiger partial charge in [-0.25, -0.2) is 0 Å². The van der Waals surface area contributed by atoms with E-state index in [1.807, 2.05) is 13.8 Å². The number of aryl methyl sites for hydroxylation is 4. The molecule has 2 rings (SSSR count). The van der Waals surface area contributed by atoms with Crippen molar-refractivity contribution in [2.75, 3.05) is 57.0 Å². The van der Waals surface area contributed by atoms with Crippen LogP contribution in [0.15, 0.2) is 48.5 Å². The highest BCUT2D eigenvalue weighted by molar-refractivity contribution is 8.04. The average Bonchev–Trinajstić information content (AvgIpc) is 2.97. The molecule has 0 aliphatic rings. The van der Waals surface area contributed by atoms with Gasteiger partial charge in [-0.3, -0.25) is 0 Å². The molecule has 2 aromatic rings. The third kappa shape index (κ3) is 32.4. The smallest absolute Gasteiger partial charge is 0.0858 e. The molecule has 2 aromatic carbocycles. The second-order valence-corrected chi connectivity index (χ2v) is 23.8. The van der Waals surface area contributed by atoms with E-state index < -0.39 is 6.63 Å². The first kappa shape index (κ1) is 50.3. The molecule has 0 N–H and O–H groups in total. The minimum atomic E-state index is -0.809. The Morgan fingerprint density at radius 3 is 1.30 bits per heavy atom. The molecule has 0 aliphatic carbocycles. The van der Waals surface area contributed by atoms with Crippen LogP contribution in [0.5, 0.6) is 0 Å². The maximum absolute atomic E-state index is 6.31. The van der Waals surface area contributed by atoms with E-state index in [4.69, 9.17) is 33.7 Å². The highest BCUT2D eigenvalue weighted by atomic mass is 35.9. The fourth-order valence-corrected chi connectivity index (χ4v) is 12.9. The van der Waals surface area contributed by atoms with Crippen molar-refractivity contribution in [3.8, 4) is 0 Å². The molecular weight excluding hydrogens is 713 g/mol. The monoisotopic (exact) mass is 778 g/mol. The summed E-state index contributed by atoms with van der Waals surface area (Å²) < 4.78 is 0. The van der Waals surface area contributed by atoms with Crippen molar-refractivity contribution >= 4 is 83.3 Å². The molecule has 0 nitrogen and oxygen atoms in total. The van der Waals surface area contributed by atoms with Crippen molar-refractivity contribution in [3.63, 3.8) is 0 Å². The van der Waals surface area contributed by atoms with Crippen LogP contribution in [-0.2, 0) is 12.8 Å². The van der Waals surface area contributed by atoms with Gasteiger partial charge in [0.1, 0.15) is 0 Å². The van der Waals surface area contributed by atoms with Crippen LogP contribution in [0.4, 0.5) is 0 Å². The third-order valence-corrected chi connectivity index (χ3v) is 15.0. The summed E-state index contributed by atoms with van der Waals surface area (Å²) in [5.41, 5.74) is 5.66. The van der Waals surface area contributed by atoms with E-state index in [1.54, 1.807) is 0 Å². The van der Waals surface area contributed by atoms with Gasteiger partial charge in [0.25, 0.3) is 0 Å². The molecular formula is C35H67Cl3P6. The minimum Gasteiger partial charge on any atom is -0.153 e. The fourth-order valence-electron chi connectivity index (χ4n) is 4.32. The quantitative estimate of drug-likeness (QED) is 0.0927. The normalized spacial score (nSPS) is 11.8. The topological polar surface area (TPSA) is 0 Å². The molecule has 0 aromatic heterocycles. The van der Waals surface area contributed by atoms with Gasteiger partial charge < -0.3 is 0 Å². The Hall–Kier alpha value is 1.89. The second-order valence-electron chi connectivity index (χ2n) is 11.3. The van der Waals surface area contributed by atoms with Crippen LogP contribution in [0.3, 0.4) is 0 Å². The number of halogens is 3. The van der Waals surface area contributed by atoms with Crippen LogP contribution in [0.2, 0.25) is 0 Å². The highest BCUT2D eigenvalue weighted by Crippen LogP contribution is 2.51. The van der Waals surface area contributed by atoms with Crippen molar-refractivity contribution < 1.29 is 0 Å². The van der Waals surface area contributed by atoms with Gasteiger partial charge in [-0.1, -0.05) is 133 Å². The molecule has 0 spiro atoms. The first-order valence-corrected chi connectivity index (χ1v) is 26.6. The summed E-state index contributed by atoms with van der Waals surface area (Å²) >= 11 is 17.9. The van der Waals surface area contributed by atoms with E-state index in [0.717, 1.165) is 18.5 Å². The summed E-state index contributed by atoms with van der Waals surface area (Å²) in [6.45, 7) is 14.8. The molecule has 0 saturated carbocycles. The van der Waals surface area contributed by atoms with E-state index in [2.05, 4.69) is 82.4 Å². The SMILES string of the molecule is CC.Cc1ccc(CCCCCCP(C)CCP(C)C)cc1.Cc1ccc(CCCCCCP(Cl)CCP(Cl)Cl)cc1.P.P. The maximum Gasteiger partial charge on any atom is 0.0858 e. The summed E-state index contributed by atoms with van der Waals surface area (Å²) in [5, 5.41) is 0. The van der Waals surface area contributed by atoms with Crippen LogP contribution in [0, 0.1) is 13.8 Å². The molecule has 4 atom stereocenters. The molecule has 0 radical (unpaired) electrons. The van der Waals surface area contributed by atoms with Crippen molar-refractivity contribution in [2.24, 2.45) is 0 Å². The van der Waals surface area contributed by atoms with Gasteiger partial charge in [0.2, 0.25) is 0 Å². The number of unbranched alkanes of at least 4 members (excludes halogenated alkanes) is 6. The van der Waals surface area contributed by atoms with Gasteiger partial charge in [-0.05, 0) is 122 Å². The van der Waals surface area contributed by atoms with Gasteiger partial charge in [0.15, 0.2) is 0 Å². The molecule has 9 heteroatoms. The number of hydrogen-bond acceptors (Lipinski definition) is 0. The lowest BCUT2D eigenvalue weighted by atomic mass is 10.1. The third-order valence-electron chi connectivity index (χ3n) is 7.05. The summed E-state index contributed by atoms with van der Waals surface area (Å²) in [6.07, 6.45) is 20.8. The Balaban J connectivity index is -0.000000693. The van der Waals surface area contributed by atoms with E-state index in [0.29, 0.717) is 15.8 Å². The van der Waals surface area contributed by atoms with Crippen molar-refractivity contribution in [1.82, 2.24) is 0 Å². The second kappa shape index (κ2) is 34.7. The molecule has 44 heavy (non-hydrogen) atoms. The van der Waals surface area contributed by atoms with E-state index >= 15 is 0 Å². The molecule has 0 fully saturated rings. The average molecular weight is 780 g/mol. The Morgan fingerprint density at radius 1 is 0.477 bits per heavy atom. The first-order valence-electron chi connectivity index (χ1n) is 16.1. The molecule has 258 valence electrons. The molecule has 0 saturated heterocycles. The first-order chi connectivity index (χ1) is 20.2. The largest absolute Gasteiger partial charge is 0.153 e. The van der Waals surface area contributed by atoms with Crippen LogP contribution < -0.4 is 0 Å². The molecule has 0 amide bonds. The lowest BCUT2D eigenvalue weighted by Crippen LogP contribution is -1.94. The molecule has 0 bridgehead atoms. The van der Waals surface area contributed by atoms with Gasteiger partial charge in [-0.15, -0.1) is 15.8 Å². The minimum absolute atomic E-state index is 0. The van der Waals surface area contributed by atoms with Gasteiger partial charge in [-0.2, -0.15) is 19.8 Å². The number of rotatable bonds is 20. The number of benzene rings is 2. The van der Waals surface area contributed by atoms with Crippen LogP contribution in [0.25, 0.3) is 0 Å². The van der Waals surface area contributed by atoms with Gasteiger partial charge in [0.05, 0.1) is 6.63 Å². The van der Waals surface area contributed by atoms with E-state index in [1.165, 1.54) is 105 Å². The lowest BCUT2D eigenvalue weighted by Gasteiger charge is -2.13. The van der Waals surface area contributed by atoms with Gasteiger partial charge in [0, 0.05) is 6.16 Å². The summed E-state index contributed by atoms with van der Waals surface area (Å²) in [4.78, 5) is 0. The van der Waals surface area contributed by atoms with Crippen LogP contribution in [-0.4, -0.2) is 57.0 Å². The zero-order valence-corrected chi connectivity index (χ0v) is 37.9. The predicted molar refractivity (Wildman–Crippen MR) is 232 cm³/mol. The van der Waals surface area contributed by atoms with Gasteiger partial charge >= 0.3 is 0 Å². The van der Waals surface area contributed by atoms with Crippen LogP contribution >= 0.6 is 83.3 Å². The van der Waals surface area contributed by atoms with Crippen molar-refractivity contribution in [3.05, 3.63) is 70.8 Å². The fraction of sp³-hybridized carbons (Fsp3) is 0.657. The van der Waals surface area contributed by atoms with E-state index in [-0.39, 0.29) is 27.1 Å². The summed E-state index contributed by atoms with van der Waals surface area (Å²) in [5.74, 6) is 0. The summed E-state index contributed by atoms with van der Waals surface area (Å²) in [7, 11) is 0.304. The summed E-state index contributed by atoms with van der Waals surface area (Å²) in [6, 6.07) is 17.9. The van der Waals surface area contributed by atoms with Crippen molar-refractivity contribution in [1.29, 1.82) is 0 Å². The maximum atomic E-state index is 6.31. The highest BCUT2D eigenvalue weighted by Gasteiger charge is 2.07. The van der Waals surface area contributed by atoms with Crippen molar-refractivity contribution in [2.45, 2.75) is 91.9 Å². The standard InChI is InChI=1S/C18H32P2.C15H23Cl3P2.C2H6.2H3P/c1-17-10-12-18(13-11-17)9-7-5-6-8-14-20(4)16-15-19(2)3;1-14-7-9-15(10-8-14)6-4-2-3-5-11-19(16)12-13-20(17)18;1-2;;/h10-13H,5-9,14-16H2,1-4H3;7-10H,2-6,11-13H2,1H3;1-2H3;2*1H3. The molecule has 0 aliphatic heterocycles. The Labute approximate surface area is 301 Å². The Kier molecular flexibility index (Phi) is 39.7. The zero-order chi connectivity index (χ0) is 31.6. The zero-order valence-electron chi connectivity index (χ0n) is 29.3.